The first-order valence-electron chi connectivity index (χ1n) is 27.4. The molecule has 11 rings (SSSR count). The molecule has 4 nitrogen and oxygen atoms in total. The van der Waals surface area contributed by atoms with Crippen LogP contribution in [0.3, 0.4) is 0 Å². The Balaban J connectivity index is 0.000000152. The molecule has 0 N–H and O–H groups in total. The number of rotatable bonds is 10. The molecule has 9 aromatic rings. The van der Waals surface area contributed by atoms with Crippen LogP contribution < -0.4 is 5.19 Å². The first-order valence-corrected chi connectivity index (χ1v) is 30.9. The van der Waals surface area contributed by atoms with Crippen molar-refractivity contribution in [3.8, 4) is 44.9 Å². The van der Waals surface area contributed by atoms with Crippen molar-refractivity contribution in [1.82, 2.24) is 15.0 Å². The Hall–Kier alpha value is -5.78. The Morgan fingerprint density at radius 1 is 0.527 bits per heavy atom. The van der Waals surface area contributed by atoms with E-state index in [1.807, 2.05) is 24.5 Å². The summed E-state index contributed by atoms with van der Waals surface area (Å²) in [5, 5.41) is 3.85. The zero-order valence-electron chi connectivity index (χ0n) is 45.1. The van der Waals surface area contributed by atoms with E-state index in [9.17, 15) is 0 Å². The molecular weight excluding hydrogens is 1100 g/mol. The zero-order chi connectivity index (χ0) is 50.8. The maximum atomic E-state index is 6.43. The van der Waals surface area contributed by atoms with E-state index in [0.29, 0.717) is 0 Å². The summed E-state index contributed by atoms with van der Waals surface area (Å²) in [4.78, 5) is 14.1. The average molecular weight is 1170 g/mol. The monoisotopic (exact) mass is 1170 g/mol. The molecule has 0 atom stereocenters. The number of nitrogens with zero attached hydrogens (tertiary/aromatic N) is 3. The van der Waals surface area contributed by atoms with Crippen molar-refractivity contribution < 1.29 is 24.5 Å². The summed E-state index contributed by atoms with van der Waals surface area (Å²) in [5.74, 6) is 1.77. The molecule has 2 saturated carbocycles. The van der Waals surface area contributed by atoms with Crippen molar-refractivity contribution in [2.75, 3.05) is 0 Å². The van der Waals surface area contributed by atoms with E-state index in [0.717, 1.165) is 62.8 Å². The Morgan fingerprint density at radius 2 is 1.05 bits per heavy atom. The number of furan rings is 1. The summed E-state index contributed by atoms with van der Waals surface area (Å²) in [7, 11) is -1.35. The summed E-state index contributed by atoms with van der Waals surface area (Å²) >= 11 is 0. The summed E-state index contributed by atoms with van der Waals surface area (Å²) in [6.45, 7) is 16.3. The molecule has 0 spiro atoms. The van der Waals surface area contributed by atoms with Crippen molar-refractivity contribution in [3.05, 3.63) is 193 Å². The van der Waals surface area contributed by atoms with Crippen LogP contribution in [0.2, 0.25) is 19.6 Å². The van der Waals surface area contributed by atoms with Gasteiger partial charge in [0.15, 0.2) is 0 Å². The maximum absolute atomic E-state index is 6.43. The predicted molar refractivity (Wildman–Crippen MR) is 313 cm³/mol. The van der Waals surface area contributed by atoms with E-state index < -0.39 is 8.07 Å². The molecule has 2 aliphatic rings. The molecule has 0 saturated heterocycles. The van der Waals surface area contributed by atoms with Gasteiger partial charge in [-0.15, -0.1) is 0 Å². The van der Waals surface area contributed by atoms with Crippen LogP contribution >= 0.6 is 0 Å². The molecule has 1 radical (unpaired) electrons. The van der Waals surface area contributed by atoms with Crippen molar-refractivity contribution in [1.29, 1.82) is 0 Å². The largest absolute Gasteiger partial charge is 0.455 e. The van der Waals surface area contributed by atoms with Gasteiger partial charge in [-0.05, 0) is 118 Å². The Kier molecular flexibility index (Phi) is 18.5. The van der Waals surface area contributed by atoms with Gasteiger partial charge in [0.25, 0.3) is 0 Å². The van der Waals surface area contributed by atoms with Crippen LogP contribution in [0, 0.1) is 24.2 Å². The van der Waals surface area contributed by atoms with Gasteiger partial charge in [0.05, 0.1) is 25.2 Å². The minimum absolute atomic E-state index is 0. The first kappa shape index (κ1) is 54.5. The fraction of sp³-hybridized carbons (Fsp3) is 0.338. The van der Waals surface area contributed by atoms with E-state index in [4.69, 9.17) is 14.4 Å². The van der Waals surface area contributed by atoms with Crippen LogP contribution in [0.15, 0.2) is 175 Å². The van der Waals surface area contributed by atoms with Gasteiger partial charge in [-0.2, -0.15) is 0 Å². The van der Waals surface area contributed by atoms with Gasteiger partial charge in [0.2, 0.25) is 0 Å². The molecule has 0 unspecified atom stereocenters. The van der Waals surface area contributed by atoms with E-state index in [2.05, 4.69) is 198 Å². The van der Waals surface area contributed by atoms with Crippen molar-refractivity contribution in [3.63, 3.8) is 0 Å². The Labute approximate surface area is 457 Å². The molecule has 2 aliphatic carbocycles. The quantitative estimate of drug-likeness (QED) is 0.128. The maximum Gasteiger partial charge on any atom is 0.145 e. The van der Waals surface area contributed by atoms with Gasteiger partial charge in [-0.25, -0.2) is 0 Å². The zero-order valence-corrected chi connectivity index (χ0v) is 48.5. The van der Waals surface area contributed by atoms with E-state index >= 15 is 0 Å². The molecule has 0 bridgehead atoms. The fourth-order valence-electron chi connectivity index (χ4n) is 11.3. The van der Waals surface area contributed by atoms with E-state index in [-0.39, 0.29) is 25.5 Å². The van der Waals surface area contributed by atoms with Gasteiger partial charge in [-0.3, -0.25) is 15.0 Å². The molecule has 0 amide bonds. The third kappa shape index (κ3) is 14.1. The molecule has 383 valence electrons. The Bertz CT molecular complexity index is 3200. The van der Waals surface area contributed by atoms with E-state index in [1.165, 1.54) is 116 Å². The minimum atomic E-state index is -1.35. The summed E-state index contributed by atoms with van der Waals surface area (Å²) in [6, 6.07) is 53.3. The van der Waals surface area contributed by atoms with Crippen LogP contribution in [0.25, 0.3) is 66.8 Å². The van der Waals surface area contributed by atoms with Crippen LogP contribution in [-0.2, 0) is 39.4 Å². The summed E-state index contributed by atoms with van der Waals surface area (Å²) in [5.41, 5.74) is 16.7. The molecule has 4 heterocycles. The number of hydrogen-bond acceptors (Lipinski definition) is 4. The topological polar surface area (TPSA) is 51.8 Å². The second kappa shape index (κ2) is 25.2. The SMILES string of the molecule is C[Si](C)(C)c1cnc(-c2ccccc2)cc1CC1CCCCC1.Cc1cnc(-c2ccc(-c3ccccc3)c3c2oc2ccccc23)cc1CC(C)(C)C.[Ir].c1ccc(-c2cc(CC3CCCCC3)ccn2)cc1. The van der Waals surface area contributed by atoms with Crippen LogP contribution in [0.4, 0.5) is 0 Å². The molecular formula is C68H77IrN3OSi. The van der Waals surface area contributed by atoms with Gasteiger partial charge < -0.3 is 4.42 Å². The van der Waals surface area contributed by atoms with Crippen LogP contribution in [0.5, 0.6) is 0 Å². The van der Waals surface area contributed by atoms with Gasteiger partial charge in [-0.1, -0.05) is 220 Å². The van der Waals surface area contributed by atoms with Crippen LogP contribution in [0.1, 0.15) is 107 Å². The number of aryl methyl sites for hydroxylation is 1. The third-order valence-electron chi connectivity index (χ3n) is 15.1. The average Bonchev–Trinajstić information content (AvgIpc) is 3.80. The molecule has 74 heavy (non-hydrogen) atoms. The van der Waals surface area contributed by atoms with E-state index in [1.54, 1.807) is 10.8 Å². The van der Waals surface area contributed by atoms with Gasteiger partial charge in [0, 0.05) is 66.2 Å². The molecule has 4 aromatic heterocycles. The molecule has 0 aliphatic heterocycles. The number of hydrogen-bond donors (Lipinski definition) is 0. The predicted octanol–water partition coefficient (Wildman–Crippen LogP) is 18.5. The third-order valence-corrected chi connectivity index (χ3v) is 17.1. The number of fused-ring (bicyclic) bond motifs is 3. The smallest absolute Gasteiger partial charge is 0.145 e. The van der Waals surface area contributed by atoms with Gasteiger partial charge >= 0.3 is 0 Å². The molecule has 6 heteroatoms. The fourth-order valence-corrected chi connectivity index (χ4v) is 12.9. The van der Waals surface area contributed by atoms with Crippen molar-refractivity contribution in [2.24, 2.45) is 17.3 Å². The molecule has 2 fully saturated rings. The normalized spacial score (nSPS) is 14.4. The molecule has 5 aromatic carbocycles. The van der Waals surface area contributed by atoms with Crippen LogP contribution in [-0.4, -0.2) is 23.0 Å². The summed E-state index contributed by atoms with van der Waals surface area (Å²) < 4.78 is 6.43. The van der Waals surface area contributed by atoms with Crippen molar-refractivity contribution in [2.45, 2.75) is 131 Å². The number of aromatic nitrogens is 3. The standard InChI is InChI=1S/C29H27NO.C21H29NSi.C18H21N.Ir/c1-19-18-30-25(16-21(19)17-29(2,3)4)23-15-14-22(20-10-6-5-7-11-20)27-24-12-8-9-13-26(24)31-28(23)27;1-23(2,3)21-16-22-20(18-12-8-5-9-13-18)15-19(21)14-17-10-6-4-7-11-17;1-3-7-15(8-4-1)13-16-11-12-19-18(14-16)17-9-5-2-6-10-17;/h5-16,18H,17H2,1-4H3;5,8-9,12-13,15-17H,4,6-7,10-11,14H2,1-3H3;2,5-6,9-12,14-15H,1,3-4,7-8,13H2;. The first-order chi connectivity index (χ1) is 35.4. The number of pyridine rings is 3. The van der Waals surface area contributed by atoms with Crippen molar-refractivity contribution >= 4 is 35.2 Å². The number of benzene rings is 5. The summed E-state index contributed by atoms with van der Waals surface area (Å²) in [6.07, 6.45) is 23.8. The second-order valence-electron chi connectivity index (χ2n) is 23.2. The van der Waals surface area contributed by atoms with Gasteiger partial charge in [0.1, 0.15) is 11.2 Å². The Morgan fingerprint density at radius 3 is 1.66 bits per heavy atom. The second-order valence-corrected chi connectivity index (χ2v) is 28.3. The minimum Gasteiger partial charge on any atom is -0.455 e. The number of para-hydroxylation sites is 1.